The third kappa shape index (κ3) is 4.42. The van der Waals surface area contributed by atoms with Gasteiger partial charge >= 0.3 is 5.76 Å². The Hall–Kier alpha value is -1.50. The van der Waals surface area contributed by atoms with Crippen LogP contribution < -0.4 is 16.4 Å². The van der Waals surface area contributed by atoms with Crippen LogP contribution in [0.4, 0.5) is 5.69 Å². The Morgan fingerprint density at radius 2 is 2.00 bits per heavy atom. The number of fused-ring (bicyclic) bond motifs is 1. The average molecular weight is 401 g/mol. The Morgan fingerprint density at radius 3 is 2.69 bits per heavy atom. The van der Waals surface area contributed by atoms with Crippen LogP contribution in [0.3, 0.4) is 0 Å². The number of hydrogen-bond donors (Lipinski definition) is 2. The van der Waals surface area contributed by atoms with Gasteiger partial charge in [-0.1, -0.05) is 6.07 Å². The zero-order valence-corrected chi connectivity index (χ0v) is 16.3. The number of nitrogens with zero attached hydrogens (tertiary/aromatic N) is 2. The number of hydrogen-bond acceptors (Lipinski definition) is 5. The summed E-state index contributed by atoms with van der Waals surface area (Å²) >= 11 is 0. The van der Waals surface area contributed by atoms with Gasteiger partial charge in [-0.15, -0.1) is 29.9 Å². The summed E-state index contributed by atoms with van der Waals surface area (Å²) in [6, 6.07) is 6.63. The molecule has 2 aliphatic rings. The highest BCUT2D eigenvalue weighted by molar-refractivity contribution is 5.85. The molecular weight excluding hydrogens is 375 g/mol. The summed E-state index contributed by atoms with van der Waals surface area (Å²) < 4.78 is 5.10. The minimum atomic E-state index is -0.516. The highest BCUT2D eigenvalue weighted by Gasteiger charge is 2.24. The number of nitrogens with one attached hydrogen (secondary N) is 1. The Balaban J connectivity index is 0.00000121. The van der Waals surface area contributed by atoms with E-state index in [0.717, 1.165) is 43.8 Å². The first kappa shape index (κ1) is 20.8. The monoisotopic (exact) mass is 400 g/mol. The molecule has 1 aromatic carbocycles. The van der Waals surface area contributed by atoms with Crippen LogP contribution in [0.2, 0.25) is 0 Å². The minimum Gasteiger partial charge on any atom is -0.388 e. The summed E-state index contributed by atoms with van der Waals surface area (Å²) in [5, 5.41) is 6.28. The van der Waals surface area contributed by atoms with E-state index in [-0.39, 0.29) is 24.8 Å². The van der Waals surface area contributed by atoms with Crippen molar-refractivity contribution < 1.29 is 4.42 Å². The number of aromatic nitrogens is 2. The lowest BCUT2D eigenvalue weighted by molar-refractivity contribution is 0.325. The van der Waals surface area contributed by atoms with Crippen LogP contribution in [0.1, 0.15) is 37.7 Å². The van der Waals surface area contributed by atoms with E-state index < -0.39 is 5.76 Å². The highest BCUT2D eigenvalue weighted by atomic mass is 35.5. The Labute approximate surface area is 165 Å². The number of halogens is 2. The maximum absolute atomic E-state index is 11.2. The molecule has 1 fully saturated rings. The smallest absolute Gasteiger partial charge is 0.388 e. The topological polar surface area (TPSA) is 88.1 Å². The fraction of sp³-hybridized carbons (Fsp3) is 0.556. The molecule has 3 N–H and O–H groups in total. The van der Waals surface area contributed by atoms with E-state index in [4.69, 9.17) is 10.2 Å². The molecule has 144 valence electrons. The van der Waals surface area contributed by atoms with Crippen molar-refractivity contribution >= 4 is 30.5 Å². The largest absolute Gasteiger partial charge is 0.434 e. The zero-order chi connectivity index (χ0) is 16.5. The molecule has 1 aliphatic carbocycles. The molecule has 1 aromatic heterocycles. The second-order valence-corrected chi connectivity index (χ2v) is 7.09. The molecule has 0 unspecified atom stereocenters. The van der Waals surface area contributed by atoms with Crippen molar-refractivity contribution in [3.63, 3.8) is 0 Å². The van der Waals surface area contributed by atoms with Crippen molar-refractivity contribution in [3.05, 3.63) is 34.3 Å². The molecule has 0 spiro atoms. The summed E-state index contributed by atoms with van der Waals surface area (Å²) in [7, 11) is 0. The number of aromatic amines is 1. The van der Waals surface area contributed by atoms with Gasteiger partial charge in [-0.25, -0.2) is 9.89 Å². The standard InChI is InChI=1S/C18H24N4O2.2ClH/c19-15-7-3-12(4-8-15)11-22-9-1-2-13-5-6-14(10-16(13)22)17-20-21-18(23)24-17;;/h5-6,10,12,15H,1-4,7-9,11,19H2,(H,21,23);2*1H. The lowest BCUT2D eigenvalue weighted by atomic mass is 9.85. The Morgan fingerprint density at radius 1 is 1.23 bits per heavy atom. The second kappa shape index (κ2) is 8.93. The third-order valence-corrected chi connectivity index (χ3v) is 5.36. The van der Waals surface area contributed by atoms with Crippen LogP contribution in [0.5, 0.6) is 0 Å². The van der Waals surface area contributed by atoms with E-state index in [1.807, 2.05) is 6.07 Å². The van der Waals surface area contributed by atoms with Crippen molar-refractivity contribution in [1.29, 1.82) is 0 Å². The molecule has 1 saturated carbocycles. The number of benzene rings is 1. The fourth-order valence-corrected chi connectivity index (χ4v) is 4.01. The predicted octanol–water partition coefficient (Wildman–Crippen LogP) is 3.14. The average Bonchev–Trinajstić information content (AvgIpc) is 3.03. The number of aryl methyl sites for hydroxylation is 1. The van der Waals surface area contributed by atoms with Crippen molar-refractivity contribution in [2.75, 3.05) is 18.0 Å². The molecule has 2 aromatic rings. The molecule has 1 aliphatic heterocycles. The van der Waals surface area contributed by atoms with Crippen LogP contribution in [-0.2, 0) is 6.42 Å². The van der Waals surface area contributed by atoms with E-state index in [9.17, 15) is 4.79 Å². The van der Waals surface area contributed by atoms with Gasteiger partial charge in [-0.3, -0.25) is 0 Å². The molecule has 0 radical (unpaired) electrons. The van der Waals surface area contributed by atoms with E-state index in [1.165, 1.54) is 30.5 Å². The molecule has 8 heteroatoms. The van der Waals surface area contributed by atoms with E-state index in [0.29, 0.717) is 11.9 Å². The van der Waals surface area contributed by atoms with Gasteiger partial charge in [-0.2, -0.15) is 0 Å². The number of anilines is 1. The maximum Gasteiger partial charge on any atom is 0.434 e. The summed E-state index contributed by atoms with van der Waals surface area (Å²) in [6.45, 7) is 2.18. The van der Waals surface area contributed by atoms with E-state index in [2.05, 4.69) is 27.2 Å². The van der Waals surface area contributed by atoms with Gasteiger partial charge in [0.25, 0.3) is 0 Å². The second-order valence-electron chi connectivity index (χ2n) is 7.09. The molecular formula is C18H26Cl2N4O2. The Kier molecular flexibility index (Phi) is 7.15. The first-order valence-corrected chi connectivity index (χ1v) is 8.88. The van der Waals surface area contributed by atoms with Crippen molar-refractivity contribution in [3.8, 4) is 11.5 Å². The fourth-order valence-electron chi connectivity index (χ4n) is 4.01. The van der Waals surface area contributed by atoms with Gasteiger partial charge in [0.2, 0.25) is 5.89 Å². The summed E-state index contributed by atoms with van der Waals surface area (Å²) in [4.78, 5) is 13.7. The molecule has 4 rings (SSSR count). The lowest BCUT2D eigenvalue weighted by Gasteiger charge is -2.36. The van der Waals surface area contributed by atoms with Crippen molar-refractivity contribution in [1.82, 2.24) is 10.2 Å². The van der Waals surface area contributed by atoms with Crippen molar-refractivity contribution in [2.45, 2.75) is 44.6 Å². The van der Waals surface area contributed by atoms with Crippen molar-refractivity contribution in [2.24, 2.45) is 11.7 Å². The lowest BCUT2D eigenvalue weighted by Crippen LogP contribution is -2.37. The van der Waals surface area contributed by atoms with Crippen LogP contribution >= 0.6 is 24.8 Å². The van der Waals surface area contributed by atoms with Gasteiger partial charge in [0.05, 0.1) is 0 Å². The Bertz CT molecular complexity index is 769. The highest BCUT2D eigenvalue weighted by Crippen LogP contribution is 2.33. The van der Waals surface area contributed by atoms with Gasteiger partial charge in [0, 0.05) is 30.4 Å². The molecule has 6 nitrogen and oxygen atoms in total. The van der Waals surface area contributed by atoms with Crippen LogP contribution in [0.15, 0.2) is 27.4 Å². The van der Waals surface area contributed by atoms with Gasteiger partial charge in [-0.05, 0) is 62.1 Å². The van der Waals surface area contributed by atoms with E-state index in [1.54, 1.807) is 0 Å². The molecule has 26 heavy (non-hydrogen) atoms. The van der Waals surface area contributed by atoms with Gasteiger partial charge in [0.1, 0.15) is 0 Å². The van der Waals surface area contributed by atoms with Crippen LogP contribution in [-0.4, -0.2) is 29.3 Å². The number of nitrogens with two attached hydrogens (primary N) is 1. The van der Waals surface area contributed by atoms with Gasteiger partial charge in [0.15, 0.2) is 0 Å². The zero-order valence-electron chi connectivity index (χ0n) is 14.6. The third-order valence-electron chi connectivity index (χ3n) is 5.36. The molecule has 0 atom stereocenters. The molecule has 2 heterocycles. The quantitative estimate of drug-likeness (QED) is 0.825. The van der Waals surface area contributed by atoms with Crippen LogP contribution in [0, 0.1) is 5.92 Å². The predicted molar refractivity (Wildman–Crippen MR) is 108 cm³/mol. The normalized spacial score (nSPS) is 22.1. The molecule has 0 saturated heterocycles. The maximum atomic E-state index is 11.2. The summed E-state index contributed by atoms with van der Waals surface area (Å²) in [6.07, 6.45) is 7.03. The summed E-state index contributed by atoms with van der Waals surface area (Å²) in [5.41, 5.74) is 9.52. The first-order valence-electron chi connectivity index (χ1n) is 8.88. The van der Waals surface area contributed by atoms with E-state index >= 15 is 0 Å². The SMILES string of the molecule is Cl.Cl.NC1CCC(CN2CCCc3ccc(-c4n[nH]c(=O)o4)cc32)CC1. The number of rotatable bonds is 3. The first-order chi connectivity index (χ1) is 11.7. The summed E-state index contributed by atoms with van der Waals surface area (Å²) in [5.74, 6) is 0.567. The van der Waals surface area contributed by atoms with Crippen LogP contribution in [0.25, 0.3) is 11.5 Å². The molecule has 0 amide bonds. The van der Waals surface area contributed by atoms with Gasteiger partial charge < -0.3 is 15.1 Å². The molecule has 0 bridgehead atoms. The minimum absolute atomic E-state index is 0. The number of H-pyrrole nitrogens is 1.